The number of nitrogens with zero attached hydrogens (tertiary/aromatic N) is 1. The Kier molecular flexibility index (Phi) is 5.24. The molecule has 29 heavy (non-hydrogen) atoms. The molecule has 3 aromatic rings. The molecule has 1 fully saturated rings. The van der Waals surface area contributed by atoms with Crippen molar-refractivity contribution in [3.8, 4) is 11.1 Å². The molecule has 1 aromatic heterocycles. The lowest BCUT2D eigenvalue weighted by Crippen LogP contribution is -2.29. The molecule has 0 atom stereocenters. The molecule has 1 saturated carbocycles. The molecular weight excluding hydrogens is 362 g/mol. The van der Waals surface area contributed by atoms with Crippen LogP contribution in [0.5, 0.6) is 0 Å². The number of nitrogens with one attached hydrogen (secondary N) is 1. The molecule has 1 heterocycles. The maximum atomic E-state index is 13.3. The Labute approximate surface area is 170 Å². The molecular formula is C24H27N3O2. The topological polar surface area (TPSA) is 77.1 Å². The highest BCUT2D eigenvalue weighted by Gasteiger charge is 2.25. The lowest BCUT2D eigenvalue weighted by atomic mass is 9.95. The van der Waals surface area contributed by atoms with E-state index in [1.54, 1.807) is 16.7 Å². The van der Waals surface area contributed by atoms with Gasteiger partial charge in [-0.2, -0.15) is 0 Å². The summed E-state index contributed by atoms with van der Waals surface area (Å²) < 4.78 is 1.80. The van der Waals surface area contributed by atoms with Crippen LogP contribution in [-0.2, 0) is 13.1 Å². The fraction of sp³-hybridized carbons (Fsp3) is 0.333. The highest BCUT2D eigenvalue weighted by atomic mass is 16.1. The van der Waals surface area contributed by atoms with Crippen molar-refractivity contribution in [1.82, 2.24) is 9.88 Å². The molecule has 5 heteroatoms. The summed E-state index contributed by atoms with van der Waals surface area (Å²) in [6.07, 6.45) is 2.07. The van der Waals surface area contributed by atoms with E-state index < -0.39 is 0 Å². The standard InChI is InChI=1S/C24H27N3O2/c1-15(2)14-27-21(13-25)22(16-6-4-3-5-7-16)20-12-17(8-11-19(20)24(27)29)23(28)26-18-9-10-18/h3-8,11-12,15,18H,9-10,13-14,25H2,1-2H3,(H,26,28). The second kappa shape index (κ2) is 7.84. The maximum Gasteiger partial charge on any atom is 0.258 e. The van der Waals surface area contributed by atoms with Gasteiger partial charge in [-0.3, -0.25) is 9.59 Å². The second-order valence-corrected chi connectivity index (χ2v) is 8.21. The van der Waals surface area contributed by atoms with Crippen molar-refractivity contribution in [3.05, 3.63) is 70.1 Å². The van der Waals surface area contributed by atoms with Crippen LogP contribution >= 0.6 is 0 Å². The number of nitrogens with two attached hydrogens (primary N) is 1. The number of aromatic nitrogens is 1. The Morgan fingerprint density at radius 3 is 2.48 bits per heavy atom. The van der Waals surface area contributed by atoms with Gasteiger partial charge in [-0.1, -0.05) is 44.2 Å². The number of carbonyl (C=O) groups is 1. The number of carbonyl (C=O) groups excluding carboxylic acids is 1. The molecule has 1 aliphatic rings. The van der Waals surface area contributed by atoms with Crippen LogP contribution in [-0.4, -0.2) is 16.5 Å². The van der Waals surface area contributed by atoms with Crippen LogP contribution in [0.3, 0.4) is 0 Å². The van der Waals surface area contributed by atoms with Gasteiger partial charge in [0.1, 0.15) is 0 Å². The van der Waals surface area contributed by atoms with Crippen LogP contribution in [0.1, 0.15) is 42.7 Å². The second-order valence-electron chi connectivity index (χ2n) is 8.21. The van der Waals surface area contributed by atoms with Crippen molar-refractivity contribution in [3.63, 3.8) is 0 Å². The van der Waals surface area contributed by atoms with E-state index in [1.807, 2.05) is 36.4 Å². The molecule has 5 nitrogen and oxygen atoms in total. The van der Waals surface area contributed by atoms with E-state index in [9.17, 15) is 9.59 Å². The molecule has 1 aliphatic carbocycles. The van der Waals surface area contributed by atoms with E-state index in [2.05, 4.69) is 19.2 Å². The summed E-state index contributed by atoms with van der Waals surface area (Å²) in [6, 6.07) is 15.6. The first-order valence-corrected chi connectivity index (χ1v) is 10.3. The van der Waals surface area contributed by atoms with E-state index in [0.29, 0.717) is 23.4 Å². The quantitative estimate of drug-likeness (QED) is 0.675. The van der Waals surface area contributed by atoms with Gasteiger partial charge < -0.3 is 15.6 Å². The number of rotatable bonds is 6. The normalized spacial score (nSPS) is 13.8. The van der Waals surface area contributed by atoms with Gasteiger partial charge >= 0.3 is 0 Å². The van der Waals surface area contributed by atoms with Crippen molar-refractivity contribution in [2.75, 3.05) is 0 Å². The molecule has 2 aromatic carbocycles. The largest absolute Gasteiger partial charge is 0.349 e. The third-order valence-corrected chi connectivity index (χ3v) is 5.36. The van der Waals surface area contributed by atoms with Crippen LogP contribution < -0.4 is 16.6 Å². The average molecular weight is 389 g/mol. The van der Waals surface area contributed by atoms with Gasteiger partial charge in [0.15, 0.2) is 0 Å². The van der Waals surface area contributed by atoms with Crippen LogP contribution in [0.2, 0.25) is 0 Å². The molecule has 0 aliphatic heterocycles. The molecule has 4 rings (SSSR count). The highest BCUT2D eigenvalue weighted by molar-refractivity contribution is 6.03. The Morgan fingerprint density at radius 1 is 1.14 bits per heavy atom. The minimum absolute atomic E-state index is 0.0528. The first-order valence-electron chi connectivity index (χ1n) is 10.3. The fourth-order valence-electron chi connectivity index (χ4n) is 3.83. The third-order valence-electron chi connectivity index (χ3n) is 5.36. The molecule has 0 radical (unpaired) electrons. The van der Waals surface area contributed by atoms with Crippen LogP contribution in [0, 0.1) is 5.92 Å². The summed E-state index contributed by atoms with van der Waals surface area (Å²) in [6.45, 7) is 5.03. The first kappa shape index (κ1) is 19.4. The van der Waals surface area contributed by atoms with Crippen LogP contribution in [0.25, 0.3) is 21.9 Å². The van der Waals surface area contributed by atoms with Gasteiger partial charge in [0.25, 0.3) is 11.5 Å². The monoisotopic (exact) mass is 389 g/mol. The number of fused-ring (bicyclic) bond motifs is 1. The molecule has 150 valence electrons. The highest BCUT2D eigenvalue weighted by Crippen LogP contribution is 2.32. The van der Waals surface area contributed by atoms with Crippen molar-refractivity contribution < 1.29 is 4.79 Å². The molecule has 0 saturated heterocycles. The lowest BCUT2D eigenvalue weighted by molar-refractivity contribution is 0.0951. The Hall–Kier alpha value is -2.92. The number of amides is 1. The van der Waals surface area contributed by atoms with Gasteiger partial charge in [-0.25, -0.2) is 0 Å². The van der Waals surface area contributed by atoms with Crippen molar-refractivity contribution in [1.29, 1.82) is 0 Å². The van der Waals surface area contributed by atoms with E-state index in [1.165, 1.54) is 0 Å². The number of hydrogen-bond acceptors (Lipinski definition) is 3. The summed E-state index contributed by atoms with van der Waals surface area (Å²) in [5.41, 5.74) is 9.42. The van der Waals surface area contributed by atoms with Crippen molar-refractivity contribution >= 4 is 16.7 Å². The minimum atomic E-state index is -0.0888. The molecule has 1 amide bonds. The Balaban J connectivity index is 2.00. The van der Waals surface area contributed by atoms with E-state index in [-0.39, 0.29) is 24.1 Å². The third kappa shape index (κ3) is 3.83. The van der Waals surface area contributed by atoms with Crippen molar-refractivity contribution in [2.45, 2.75) is 45.8 Å². The Morgan fingerprint density at radius 2 is 1.86 bits per heavy atom. The average Bonchev–Trinajstić information content (AvgIpc) is 3.53. The van der Waals surface area contributed by atoms with Gasteiger partial charge in [0.05, 0.1) is 0 Å². The molecule has 0 bridgehead atoms. The SMILES string of the molecule is CC(C)Cn1c(CN)c(-c2ccccc2)c2cc(C(=O)NC3CC3)ccc2c1=O. The van der Waals surface area contributed by atoms with E-state index in [0.717, 1.165) is 35.0 Å². The predicted molar refractivity (Wildman–Crippen MR) is 117 cm³/mol. The van der Waals surface area contributed by atoms with Crippen molar-refractivity contribution in [2.24, 2.45) is 11.7 Å². The Bertz CT molecular complexity index is 1110. The summed E-state index contributed by atoms with van der Waals surface area (Å²) >= 11 is 0. The fourth-order valence-corrected chi connectivity index (χ4v) is 3.83. The summed E-state index contributed by atoms with van der Waals surface area (Å²) in [5, 5.41) is 4.43. The van der Waals surface area contributed by atoms with Gasteiger partial charge in [0, 0.05) is 41.3 Å². The summed E-state index contributed by atoms with van der Waals surface area (Å²) in [5.74, 6) is 0.219. The maximum absolute atomic E-state index is 13.3. The molecule has 3 N–H and O–H groups in total. The van der Waals surface area contributed by atoms with Crippen LogP contribution in [0.4, 0.5) is 0 Å². The number of pyridine rings is 1. The predicted octanol–water partition coefficient (Wildman–Crippen LogP) is 3.68. The lowest BCUT2D eigenvalue weighted by Gasteiger charge is -2.21. The molecule has 0 unspecified atom stereocenters. The molecule has 0 spiro atoms. The smallest absolute Gasteiger partial charge is 0.258 e. The van der Waals surface area contributed by atoms with E-state index >= 15 is 0 Å². The zero-order valence-corrected chi connectivity index (χ0v) is 16.9. The summed E-state index contributed by atoms with van der Waals surface area (Å²) in [4.78, 5) is 25.9. The zero-order valence-electron chi connectivity index (χ0n) is 16.9. The van der Waals surface area contributed by atoms with Gasteiger partial charge in [-0.15, -0.1) is 0 Å². The van der Waals surface area contributed by atoms with Crippen LogP contribution in [0.15, 0.2) is 53.3 Å². The first-order chi connectivity index (χ1) is 14.0. The number of benzene rings is 2. The van der Waals surface area contributed by atoms with E-state index in [4.69, 9.17) is 5.73 Å². The number of hydrogen-bond donors (Lipinski definition) is 2. The van der Waals surface area contributed by atoms with Gasteiger partial charge in [-0.05, 0) is 47.9 Å². The van der Waals surface area contributed by atoms with Gasteiger partial charge in [0.2, 0.25) is 0 Å². The zero-order chi connectivity index (χ0) is 20.5. The minimum Gasteiger partial charge on any atom is -0.349 e. The summed E-state index contributed by atoms with van der Waals surface area (Å²) in [7, 11) is 0.